The number of nitrogens with zero attached hydrogens (tertiary/aromatic N) is 1. The number of benzene rings is 1. The molecule has 7 heteroatoms. The minimum Gasteiger partial charge on any atom is -0.297 e. The standard InChI is InChI=1S/C8H9ClN2O3S/c1-11(7-5-3-2-4-6-7)8(12)10-15(9,13)14/h2-6H,1H3,(H,10,12). The molecule has 1 N–H and O–H groups in total. The SMILES string of the molecule is CN(C(=O)NS(=O)(=O)Cl)c1ccccc1. The summed E-state index contributed by atoms with van der Waals surface area (Å²) in [6, 6.07) is 7.77. The zero-order valence-electron chi connectivity index (χ0n) is 7.84. The van der Waals surface area contributed by atoms with Crippen molar-refractivity contribution in [1.29, 1.82) is 0 Å². The van der Waals surface area contributed by atoms with Gasteiger partial charge in [0.25, 0.3) is 0 Å². The predicted octanol–water partition coefficient (Wildman–Crippen LogP) is 1.32. The van der Waals surface area contributed by atoms with Crippen molar-refractivity contribution in [1.82, 2.24) is 4.72 Å². The van der Waals surface area contributed by atoms with Crippen molar-refractivity contribution in [3.8, 4) is 0 Å². The minimum absolute atomic E-state index is 0.565. The first kappa shape index (κ1) is 11.8. The van der Waals surface area contributed by atoms with Gasteiger partial charge in [0.05, 0.1) is 0 Å². The van der Waals surface area contributed by atoms with Gasteiger partial charge in [-0.3, -0.25) is 4.90 Å². The summed E-state index contributed by atoms with van der Waals surface area (Å²) in [7, 11) is 2.27. The Balaban J connectivity index is 2.78. The quantitative estimate of drug-likeness (QED) is 0.803. The van der Waals surface area contributed by atoms with Crippen LogP contribution in [0.1, 0.15) is 0 Å². The number of hydrogen-bond donors (Lipinski definition) is 1. The fourth-order valence-electron chi connectivity index (χ4n) is 0.942. The summed E-state index contributed by atoms with van der Waals surface area (Å²) >= 11 is 0. The third-order valence-corrected chi connectivity index (χ3v) is 2.31. The molecule has 0 radical (unpaired) electrons. The number of halogens is 1. The first-order valence-corrected chi connectivity index (χ1v) is 6.26. The molecule has 0 heterocycles. The molecule has 1 aromatic rings. The molecule has 0 aliphatic heterocycles. The Morgan fingerprint density at radius 2 is 1.87 bits per heavy atom. The Bertz CT molecular complexity index is 446. The van der Waals surface area contributed by atoms with Gasteiger partial charge in [0.15, 0.2) is 0 Å². The summed E-state index contributed by atoms with van der Waals surface area (Å²) in [5.41, 5.74) is 0.565. The topological polar surface area (TPSA) is 66.5 Å². The molecule has 0 unspecified atom stereocenters. The number of amides is 2. The molecule has 0 fully saturated rings. The first-order chi connectivity index (χ1) is 6.90. The van der Waals surface area contributed by atoms with Gasteiger partial charge in [-0.1, -0.05) is 18.2 Å². The number of hydrogen-bond acceptors (Lipinski definition) is 3. The number of para-hydroxylation sites is 1. The molecule has 1 rings (SSSR count). The van der Waals surface area contributed by atoms with Crippen LogP contribution in [-0.4, -0.2) is 21.5 Å². The van der Waals surface area contributed by atoms with Gasteiger partial charge in [0, 0.05) is 23.4 Å². The van der Waals surface area contributed by atoms with Crippen molar-refractivity contribution in [2.24, 2.45) is 0 Å². The monoisotopic (exact) mass is 248 g/mol. The van der Waals surface area contributed by atoms with Crippen LogP contribution in [0.25, 0.3) is 0 Å². The van der Waals surface area contributed by atoms with Gasteiger partial charge in [0.1, 0.15) is 0 Å². The third-order valence-electron chi connectivity index (χ3n) is 1.66. The van der Waals surface area contributed by atoms with Crippen LogP contribution >= 0.6 is 10.7 Å². The highest BCUT2D eigenvalue weighted by atomic mass is 35.7. The highest BCUT2D eigenvalue weighted by molar-refractivity contribution is 8.12. The van der Waals surface area contributed by atoms with Gasteiger partial charge in [-0.25, -0.2) is 9.52 Å². The Morgan fingerprint density at radius 1 is 1.33 bits per heavy atom. The van der Waals surface area contributed by atoms with Gasteiger partial charge in [-0.15, -0.1) is 0 Å². The summed E-state index contributed by atoms with van der Waals surface area (Å²) in [5, 5.41) is 0. The van der Waals surface area contributed by atoms with E-state index in [1.807, 2.05) is 0 Å². The summed E-state index contributed by atoms with van der Waals surface area (Å²) in [5.74, 6) is 0. The molecule has 0 aliphatic carbocycles. The maximum Gasteiger partial charge on any atom is 0.336 e. The van der Waals surface area contributed by atoms with Crippen LogP contribution < -0.4 is 9.62 Å². The van der Waals surface area contributed by atoms with Gasteiger partial charge >= 0.3 is 15.3 Å². The summed E-state index contributed by atoms with van der Waals surface area (Å²) in [6.45, 7) is 0. The van der Waals surface area contributed by atoms with E-state index in [1.54, 1.807) is 35.1 Å². The third kappa shape index (κ3) is 3.77. The van der Waals surface area contributed by atoms with E-state index in [-0.39, 0.29) is 0 Å². The Labute approximate surface area is 92.2 Å². The van der Waals surface area contributed by atoms with Gasteiger partial charge in [-0.05, 0) is 12.1 Å². The normalized spacial score (nSPS) is 10.8. The lowest BCUT2D eigenvalue weighted by Crippen LogP contribution is -2.38. The first-order valence-electron chi connectivity index (χ1n) is 3.95. The number of anilines is 1. The van der Waals surface area contributed by atoms with Crippen LogP contribution in [-0.2, 0) is 9.24 Å². The smallest absolute Gasteiger partial charge is 0.297 e. The van der Waals surface area contributed by atoms with Crippen LogP contribution in [0.5, 0.6) is 0 Å². The lowest BCUT2D eigenvalue weighted by atomic mass is 10.3. The summed E-state index contributed by atoms with van der Waals surface area (Å²) in [6.07, 6.45) is 0. The zero-order chi connectivity index (χ0) is 11.5. The van der Waals surface area contributed by atoms with Crippen molar-refractivity contribution in [2.75, 3.05) is 11.9 Å². The molecule has 2 amide bonds. The van der Waals surface area contributed by atoms with Crippen LogP contribution in [0, 0.1) is 0 Å². The lowest BCUT2D eigenvalue weighted by Gasteiger charge is -2.16. The van der Waals surface area contributed by atoms with E-state index in [9.17, 15) is 13.2 Å². The molecular weight excluding hydrogens is 240 g/mol. The van der Waals surface area contributed by atoms with Crippen molar-refractivity contribution in [2.45, 2.75) is 0 Å². The van der Waals surface area contributed by atoms with Crippen molar-refractivity contribution in [3.63, 3.8) is 0 Å². The number of urea groups is 1. The second-order valence-electron chi connectivity index (χ2n) is 2.74. The highest BCUT2D eigenvalue weighted by Gasteiger charge is 2.15. The van der Waals surface area contributed by atoms with E-state index in [2.05, 4.69) is 0 Å². The summed E-state index contributed by atoms with van der Waals surface area (Å²) in [4.78, 5) is 12.4. The van der Waals surface area contributed by atoms with E-state index in [4.69, 9.17) is 10.7 Å². The number of rotatable bonds is 2. The Hall–Kier alpha value is -1.27. The average Bonchev–Trinajstić information content (AvgIpc) is 2.15. The van der Waals surface area contributed by atoms with E-state index >= 15 is 0 Å². The van der Waals surface area contributed by atoms with Crippen molar-refractivity contribution in [3.05, 3.63) is 30.3 Å². The maximum absolute atomic E-state index is 11.3. The molecular formula is C8H9ClN2O3S. The van der Waals surface area contributed by atoms with Crippen molar-refractivity contribution < 1.29 is 13.2 Å². The largest absolute Gasteiger partial charge is 0.336 e. The second kappa shape index (κ2) is 4.50. The molecule has 0 aliphatic rings. The molecule has 0 spiro atoms. The molecule has 82 valence electrons. The fourth-order valence-corrected chi connectivity index (χ4v) is 1.49. The maximum atomic E-state index is 11.3. The van der Waals surface area contributed by atoms with Crippen LogP contribution in [0.2, 0.25) is 0 Å². The highest BCUT2D eigenvalue weighted by Crippen LogP contribution is 2.11. The molecule has 1 aromatic carbocycles. The van der Waals surface area contributed by atoms with E-state index in [0.717, 1.165) is 4.90 Å². The Morgan fingerprint density at radius 3 is 2.33 bits per heavy atom. The lowest BCUT2D eigenvalue weighted by molar-refractivity contribution is 0.252. The Kier molecular flexibility index (Phi) is 3.54. The minimum atomic E-state index is -4.05. The number of carbonyl (C=O) groups is 1. The predicted molar refractivity (Wildman–Crippen MR) is 58.1 cm³/mol. The molecule has 5 nitrogen and oxygen atoms in total. The molecule has 0 aromatic heterocycles. The summed E-state index contributed by atoms with van der Waals surface area (Å²) < 4.78 is 22.8. The van der Waals surface area contributed by atoms with Gasteiger partial charge < -0.3 is 0 Å². The van der Waals surface area contributed by atoms with Gasteiger partial charge in [-0.2, -0.15) is 8.42 Å². The van der Waals surface area contributed by atoms with Crippen LogP contribution in [0.4, 0.5) is 10.5 Å². The number of carbonyl (C=O) groups excluding carboxylic acids is 1. The van der Waals surface area contributed by atoms with Gasteiger partial charge in [0.2, 0.25) is 0 Å². The van der Waals surface area contributed by atoms with Crippen LogP contribution in [0.15, 0.2) is 30.3 Å². The van der Waals surface area contributed by atoms with E-state index in [1.165, 1.54) is 7.05 Å². The molecule has 0 bridgehead atoms. The van der Waals surface area contributed by atoms with Crippen molar-refractivity contribution >= 4 is 31.6 Å². The number of nitrogens with one attached hydrogen (secondary N) is 1. The average molecular weight is 249 g/mol. The van der Waals surface area contributed by atoms with E-state index < -0.39 is 15.3 Å². The molecule has 0 saturated carbocycles. The second-order valence-corrected chi connectivity index (χ2v) is 5.04. The van der Waals surface area contributed by atoms with Crippen LogP contribution in [0.3, 0.4) is 0 Å². The molecule has 0 atom stereocenters. The fraction of sp³-hybridized carbons (Fsp3) is 0.125. The molecule has 0 saturated heterocycles. The van der Waals surface area contributed by atoms with E-state index in [0.29, 0.717) is 5.69 Å². The zero-order valence-corrected chi connectivity index (χ0v) is 9.42. The molecule has 15 heavy (non-hydrogen) atoms.